The van der Waals surface area contributed by atoms with Gasteiger partial charge in [-0.15, -0.1) is 0 Å². The highest BCUT2D eigenvalue weighted by Gasteiger charge is 2.20. The lowest BCUT2D eigenvalue weighted by Crippen LogP contribution is -2.09. The fourth-order valence-electron chi connectivity index (χ4n) is 1.71. The van der Waals surface area contributed by atoms with E-state index in [-0.39, 0.29) is 6.10 Å². The molecule has 1 heterocycles. The minimum absolute atomic E-state index is 0.0541. The van der Waals surface area contributed by atoms with Crippen LogP contribution in [0.4, 0.5) is 0 Å². The van der Waals surface area contributed by atoms with Crippen LogP contribution in [0.5, 0.6) is 5.75 Å². The van der Waals surface area contributed by atoms with Gasteiger partial charge < -0.3 is 14.3 Å². The summed E-state index contributed by atoms with van der Waals surface area (Å²) in [5, 5.41) is 10.4. The molecular weight excluding hydrogens is 296 g/mol. The van der Waals surface area contributed by atoms with Gasteiger partial charge in [0.05, 0.1) is 16.8 Å². The van der Waals surface area contributed by atoms with E-state index in [1.165, 1.54) is 6.26 Å². The molecule has 1 N–H and O–H groups in total. The van der Waals surface area contributed by atoms with Crippen LogP contribution in [-0.4, -0.2) is 11.2 Å². The van der Waals surface area contributed by atoms with Gasteiger partial charge in [-0.05, 0) is 41.9 Å². The number of hydrogen-bond donors (Lipinski definition) is 1. The molecule has 0 aliphatic rings. The normalized spacial score (nSPS) is 12.7. The number of furan rings is 1. The Bertz CT molecular complexity index is 519. The molecule has 1 unspecified atom stereocenters. The van der Waals surface area contributed by atoms with Crippen molar-refractivity contribution in [1.29, 1.82) is 0 Å². The summed E-state index contributed by atoms with van der Waals surface area (Å²) in [6.07, 6.45) is 0.747. The topological polar surface area (TPSA) is 42.6 Å². The van der Waals surface area contributed by atoms with Crippen LogP contribution in [0.3, 0.4) is 0 Å². The summed E-state index contributed by atoms with van der Waals surface area (Å²) >= 11 is 3.35. The molecule has 0 fully saturated rings. The molecule has 0 aliphatic heterocycles. The van der Waals surface area contributed by atoms with Crippen molar-refractivity contribution in [3.8, 4) is 5.75 Å². The Morgan fingerprint density at radius 2 is 1.94 bits per heavy atom. The van der Waals surface area contributed by atoms with Gasteiger partial charge in [0.15, 0.2) is 5.76 Å². The molecule has 0 amide bonds. The van der Waals surface area contributed by atoms with E-state index in [1.807, 2.05) is 38.1 Å². The maximum absolute atomic E-state index is 10.4. The van der Waals surface area contributed by atoms with E-state index in [0.29, 0.717) is 17.1 Å². The molecule has 4 heteroatoms. The quantitative estimate of drug-likeness (QED) is 0.931. The lowest BCUT2D eigenvalue weighted by molar-refractivity contribution is 0.175. The van der Waals surface area contributed by atoms with Gasteiger partial charge in [-0.2, -0.15) is 0 Å². The van der Waals surface area contributed by atoms with Crippen molar-refractivity contribution in [2.24, 2.45) is 0 Å². The fourth-order valence-corrected chi connectivity index (χ4v) is 2.13. The van der Waals surface area contributed by atoms with Gasteiger partial charge in [-0.25, -0.2) is 0 Å². The predicted octanol–water partition coefficient (Wildman–Crippen LogP) is 3.91. The van der Waals surface area contributed by atoms with Crippen LogP contribution in [0, 0.1) is 0 Å². The van der Waals surface area contributed by atoms with Crippen molar-refractivity contribution in [3.05, 3.63) is 52.4 Å². The van der Waals surface area contributed by atoms with Crippen LogP contribution >= 0.6 is 15.9 Å². The van der Waals surface area contributed by atoms with Gasteiger partial charge in [0, 0.05) is 5.56 Å². The van der Waals surface area contributed by atoms with Crippen LogP contribution in [0.2, 0.25) is 0 Å². The van der Waals surface area contributed by atoms with Crippen molar-refractivity contribution < 1.29 is 14.3 Å². The lowest BCUT2D eigenvalue weighted by atomic mass is 10.1. The van der Waals surface area contributed by atoms with Gasteiger partial charge >= 0.3 is 0 Å². The molecule has 0 saturated carbocycles. The number of para-hydroxylation sites is 1. The first kappa shape index (κ1) is 13.2. The number of aliphatic hydroxyl groups is 1. The summed E-state index contributed by atoms with van der Waals surface area (Å²) in [6, 6.07) is 9.17. The Labute approximate surface area is 115 Å². The highest BCUT2D eigenvalue weighted by Crippen LogP contribution is 2.34. The molecule has 96 valence electrons. The van der Waals surface area contributed by atoms with Crippen molar-refractivity contribution in [3.63, 3.8) is 0 Å². The van der Waals surface area contributed by atoms with Crippen molar-refractivity contribution in [2.75, 3.05) is 0 Å². The third kappa shape index (κ3) is 2.76. The largest absolute Gasteiger partial charge is 0.491 e. The van der Waals surface area contributed by atoms with Gasteiger partial charge in [0.1, 0.15) is 11.9 Å². The minimum atomic E-state index is -0.843. The van der Waals surface area contributed by atoms with Crippen LogP contribution < -0.4 is 4.74 Å². The average molecular weight is 311 g/mol. The first-order chi connectivity index (χ1) is 8.59. The summed E-state index contributed by atoms with van der Waals surface area (Å²) in [5.74, 6) is 1.15. The zero-order valence-electron chi connectivity index (χ0n) is 10.3. The number of rotatable bonds is 4. The van der Waals surface area contributed by atoms with E-state index in [1.54, 1.807) is 6.07 Å². The smallest absolute Gasteiger partial charge is 0.151 e. The van der Waals surface area contributed by atoms with Crippen LogP contribution in [-0.2, 0) is 0 Å². The Kier molecular flexibility index (Phi) is 4.09. The van der Waals surface area contributed by atoms with E-state index in [9.17, 15) is 5.11 Å². The van der Waals surface area contributed by atoms with E-state index < -0.39 is 6.10 Å². The Morgan fingerprint density at radius 3 is 2.56 bits per heavy atom. The standard InChI is InChI=1S/C14H15BrO3/c1-9(2)18-12-6-4-3-5-10(12)13(16)14-11(15)7-8-17-14/h3-9,13,16H,1-2H3. The van der Waals surface area contributed by atoms with E-state index in [2.05, 4.69) is 15.9 Å². The fraction of sp³-hybridized carbons (Fsp3) is 0.286. The minimum Gasteiger partial charge on any atom is -0.491 e. The predicted molar refractivity (Wildman–Crippen MR) is 72.7 cm³/mol. The van der Waals surface area contributed by atoms with Crippen molar-refractivity contribution >= 4 is 15.9 Å². The van der Waals surface area contributed by atoms with Crippen molar-refractivity contribution in [1.82, 2.24) is 0 Å². The number of benzene rings is 1. The molecule has 1 atom stereocenters. The number of halogens is 1. The second-order valence-electron chi connectivity index (χ2n) is 4.24. The van der Waals surface area contributed by atoms with Crippen LogP contribution in [0.1, 0.15) is 31.3 Å². The van der Waals surface area contributed by atoms with E-state index in [4.69, 9.17) is 9.15 Å². The molecule has 0 aliphatic carbocycles. The van der Waals surface area contributed by atoms with Gasteiger partial charge in [-0.3, -0.25) is 0 Å². The Balaban J connectivity index is 2.36. The molecule has 1 aromatic heterocycles. The van der Waals surface area contributed by atoms with Gasteiger partial charge in [-0.1, -0.05) is 18.2 Å². The second kappa shape index (κ2) is 5.59. The monoisotopic (exact) mass is 310 g/mol. The summed E-state index contributed by atoms with van der Waals surface area (Å²) in [5.41, 5.74) is 0.696. The van der Waals surface area contributed by atoms with Gasteiger partial charge in [0.25, 0.3) is 0 Å². The molecule has 0 spiro atoms. The molecule has 3 nitrogen and oxygen atoms in total. The van der Waals surface area contributed by atoms with E-state index >= 15 is 0 Å². The summed E-state index contributed by atoms with van der Waals surface area (Å²) in [6.45, 7) is 3.90. The molecule has 1 aromatic carbocycles. The summed E-state index contributed by atoms with van der Waals surface area (Å²) in [7, 11) is 0. The molecular formula is C14H15BrO3. The van der Waals surface area contributed by atoms with Crippen molar-refractivity contribution in [2.45, 2.75) is 26.1 Å². The summed E-state index contributed by atoms with van der Waals surface area (Å²) in [4.78, 5) is 0. The van der Waals surface area contributed by atoms with Crippen LogP contribution in [0.15, 0.2) is 45.5 Å². The first-order valence-corrected chi connectivity index (χ1v) is 6.55. The zero-order chi connectivity index (χ0) is 13.1. The molecule has 2 rings (SSSR count). The molecule has 0 bridgehead atoms. The SMILES string of the molecule is CC(C)Oc1ccccc1C(O)c1occc1Br. The highest BCUT2D eigenvalue weighted by atomic mass is 79.9. The third-order valence-electron chi connectivity index (χ3n) is 2.47. The zero-order valence-corrected chi connectivity index (χ0v) is 11.8. The Morgan fingerprint density at radius 1 is 1.22 bits per heavy atom. The molecule has 0 saturated heterocycles. The van der Waals surface area contributed by atoms with Gasteiger partial charge in [0.2, 0.25) is 0 Å². The summed E-state index contributed by atoms with van der Waals surface area (Å²) < 4.78 is 11.7. The lowest BCUT2D eigenvalue weighted by Gasteiger charge is -2.17. The van der Waals surface area contributed by atoms with E-state index in [0.717, 1.165) is 4.47 Å². The highest BCUT2D eigenvalue weighted by molar-refractivity contribution is 9.10. The third-order valence-corrected chi connectivity index (χ3v) is 3.12. The maximum atomic E-state index is 10.4. The number of hydrogen-bond acceptors (Lipinski definition) is 3. The maximum Gasteiger partial charge on any atom is 0.151 e. The van der Waals surface area contributed by atoms with Crippen LogP contribution in [0.25, 0.3) is 0 Å². The molecule has 18 heavy (non-hydrogen) atoms. The Hall–Kier alpha value is -1.26. The molecule has 0 radical (unpaired) electrons. The second-order valence-corrected chi connectivity index (χ2v) is 5.09. The number of aliphatic hydroxyl groups excluding tert-OH is 1. The molecule has 2 aromatic rings. The first-order valence-electron chi connectivity index (χ1n) is 5.76. The number of ether oxygens (including phenoxy) is 1. The average Bonchev–Trinajstić information content (AvgIpc) is 2.74.